The third-order valence-electron chi connectivity index (χ3n) is 6.42. The Bertz CT molecular complexity index is 1050. The van der Waals surface area contributed by atoms with E-state index in [1.54, 1.807) is 31.6 Å². The lowest BCUT2D eigenvalue weighted by Gasteiger charge is -2.35. The Morgan fingerprint density at radius 3 is 2.61 bits per heavy atom. The van der Waals surface area contributed by atoms with E-state index in [1.807, 2.05) is 23.2 Å². The van der Waals surface area contributed by atoms with Crippen molar-refractivity contribution in [1.82, 2.24) is 19.8 Å². The average Bonchev–Trinajstić information content (AvgIpc) is 2.86. The topological polar surface area (TPSA) is 58.6 Å². The van der Waals surface area contributed by atoms with Gasteiger partial charge in [-0.1, -0.05) is 30.3 Å². The van der Waals surface area contributed by atoms with Crippen LogP contribution in [0.15, 0.2) is 67.1 Å². The number of piperidine rings is 1. The summed E-state index contributed by atoms with van der Waals surface area (Å²) in [6.07, 6.45) is 7.38. The molecule has 4 rings (SSSR count). The van der Waals surface area contributed by atoms with Gasteiger partial charge in [-0.05, 0) is 73.7 Å². The summed E-state index contributed by atoms with van der Waals surface area (Å²) in [5, 5.41) is 0. The third kappa shape index (κ3) is 5.96. The van der Waals surface area contributed by atoms with Crippen molar-refractivity contribution >= 4 is 5.91 Å². The molecule has 1 aromatic carbocycles. The lowest BCUT2D eigenvalue weighted by atomic mass is 9.95. The van der Waals surface area contributed by atoms with Crippen LogP contribution in [0.3, 0.4) is 0 Å². The molecule has 0 aliphatic carbocycles. The fourth-order valence-electron chi connectivity index (χ4n) is 4.49. The smallest absolute Gasteiger partial charge is 0.259 e. The Balaban J connectivity index is 1.43. The highest BCUT2D eigenvalue weighted by Crippen LogP contribution is 2.24. The molecular formula is C27H32N4O2. The van der Waals surface area contributed by atoms with Crippen molar-refractivity contribution in [1.29, 1.82) is 0 Å². The first-order valence-corrected chi connectivity index (χ1v) is 11.6. The first-order valence-electron chi connectivity index (χ1n) is 11.6. The quantitative estimate of drug-likeness (QED) is 0.517. The fourth-order valence-corrected chi connectivity index (χ4v) is 4.49. The van der Waals surface area contributed by atoms with E-state index >= 15 is 0 Å². The van der Waals surface area contributed by atoms with E-state index in [9.17, 15) is 4.79 Å². The molecular weight excluding hydrogens is 412 g/mol. The Kier molecular flexibility index (Phi) is 7.68. The zero-order valence-electron chi connectivity index (χ0n) is 19.5. The molecule has 1 fully saturated rings. The van der Waals surface area contributed by atoms with Gasteiger partial charge < -0.3 is 9.64 Å². The average molecular weight is 445 g/mol. The molecule has 172 valence electrons. The third-order valence-corrected chi connectivity index (χ3v) is 6.42. The number of carbonyl (C=O) groups excluding carboxylic acids is 1. The molecule has 2 aromatic heterocycles. The predicted octanol–water partition coefficient (Wildman–Crippen LogP) is 4.35. The molecule has 0 bridgehead atoms. The summed E-state index contributed by atoms with van der Waals surface area (Å²) in [4.78, 5) is 26.4. The lowest BCUT2D eigenvalue weighted by Crippen LogP contribution is -2.40. The summed E-state index contributed by atoms with van der Waals surface area (Å²) in [7, 11) is 1.55. The van der Waals surface area contributed by atoms with Gasteiger partial charge in [-0.15, -0.1) is 0 Å². The second-order valence-electron chi connectivity index (χ2n) is 8.75. The van der Waals surface area contributed by atoms with E-state index in [4.69, 9.17) is 4.74 Å². The maximum Gasteiger partial charge on any atom is 0.259 e. The molecule has 0 saturated carbocycles. The molecule has 1 aliphatic rings. The number of hydrogen-bond donors (Lipinski definition) is 0. The summed E-state index contributed by atoms with van der Waals surface area (Å²) in [6.45, 7) is 6.49. The summed E-state index contributed by atoms with van der Waals surface area (Å²) in [5.74, 6) is 0.777. The maximum atomic E-state index is 13.5. The molecule has 1 amide bonds. The van der Waals surface area contributed by atoms with Crippen molar-refractivity contribution in [2.75, 3.05) is 26.7 Å². The molecule has 6 nitrogen and oxygen atoms in total. The predicted molar refractivity (Wildman–Crippen MR) is 129 cm³/mol. The van der Waals surface area contributed by atoms with Crippen LogP contribution in [0.4, 0.5) is 0 Å². The fraction of sp³-hybridized carbons (Fsp3) is 0.370. The molecule has 6 heteroatoms. The van der Waals surface area contributed by atoms with Crippen molar-refractivity contribution < 1.29 is 9.53 Å². The monoisotopic (exact) mass is 444 g/mol. The molecule has 3 aromatic rings. The molecule has 3 heterocycles. The van der Waals surface area contributed by atoms with Crippen LogP contribution >= 0.6 is 0 Å². The number of methoxy groups -OCH3 is 1. The van der Waals surface area contributed by atoms with Crippen LogP contribution in [0, 0.1) is 12.8 Å². The highest BCUT2D eigenvalue weighted by molar-refractivity contribution is 5.96. The van der Waals surface area contributed by atoms with Crippen LogP contribution in [-0.2, 0) is 13.1 Å². The largest absolute Gasteiger partial charge is 0.480 e. The minimum atomic E-state index is -0.0499. The van der Waals surface area contributed by atoms with E-state index in [2.05, 4.69) is 46.1 Å². The SMILES string of the molecule is COc1ncccc1C(=O)N(Cc1cccnc1)CC1CCN(Cc2ccccc2C)CC1. The normalized spacial score (nSPS) is 14.7. The van der Waals surface area contributed by atoms with Gasteiger partial charge in [0, 0.05) is 38.2 Å². The molecule has 1 saturated heterocycles. The number of pyridine rings is 2. The Labute approximate surface area is 196 Å². The highest BCUT2D eigenvalue weighted by atomic mass is 16.5. The summed E-state index contributed by atoms with van der Waals surface area (Å²) < 4.78 is 5.36. The van der Waals surface area contributed by atoms with Crippen LogP contribution in [0.1, 0.15) is 39.9 Å². The molecule has 0 radical (unpaired) electrons. The Morgan fingerprint density at radius 2 is 1.88 bits per heavy atom. The summed E-state index contributed by atoms with van der Waals surface area (Å²) >= 11 is 0. The van der Waals surface area contributed by atoms with Crippen molar-refractivity contribution in [3.05, 3.63) is 89.4 Å². The van der Waals surface area contributed by atoms with Crippen LogP contribution in [-0.4, -0.2) is 52.4 Å². The van der Waals surface area contributed by atoms with E-state index in [-0.39, 0.29) is 5.91 Å². The standard InChI is InChI=1S/C27H32N4O2/c1-21-7-3-4-9-24(21)20-30-15-11-22(12-16-30)18-31(19-23-8-5-13-28-17-23)27(32)25-10-6-14-29-26(25)33-2/h3-10,13-14,17,22H,11-12,15-16,18-20H2,1-2H3. The van der Waals surface area contributed by atoms with Crippen molar-refractivity contribution in [3.63, 3.8) is 0 Å². The molecule has 0 atom stereocenters. The van der Waals surface area contributed by atoms with Crippen LogP contribution < -0.4 is 4.74 Å². The minimum absolute atomic E-state index is 0.0499. The Morgan fingerprint density at radius 1 is 1.09 bits per heavy atom. The van der Waals surface area contributed by atoms with Crippen molar-refractivity contribution in [3.8, 4) is 5.88 Å². The van der Waals surface area contributed by atoms with Gasteiger partial charge >= 0.3 is 0 Å². The Hall–Kier alpha value is -3.25. The van der Waals surface area contributed by atoms with E-state index in [0.717, 1.165) is 38.0 Å². The second-order valence-corrected chi connectivity index (χ2v) is 8.75. The van der Waals surface area contributed by atoms with Crippen LogP contribution in [0.5, 0.6) is 5.88 Å². The number of amides is 1. The number of rotatable bonds is 8. The number of hydrogen-bond acceptors (Lipinski definition) is 5. The molecule has 0 N–H and O–H groups in total. The summed E-state index contributed by atoms with van der Waals surface area (Å²) in [6, 6.07) is 16.1. The van der Waals surface area contributed by atoms with Gasteiger partial charge in [0.15, 0.2) is 0 Å². The molecule has 33 heavy (non-hydrogen) atoms. The second kappa shape index (κ2) is 11.1. The minimum Gasteiger partial charge on any atom is -0.480 e. The van der Waals surface area contributed by atoms with Crippen LogP contribution in [0.25, 0.3) is 0 Å². The number of likely N-dealkylation sites (tertiary alicyclic amines) is 1. The van der Waals surface area contributed by atoms with Gasteiger partial charge in [0.2, 0.25) is 5.88 Å². The number of aromatic nitrogens is 2. The van der Waals surface area contributed by atoms with E-state index < -0.39 is 0 Å². The zero-order chi connectivity index (χ0) is 23.0. The van der Waals surface area contributed by atoms with E-state index in [0.29, 0.717) is 30.5 Å². The highest BCUT2D eigenvalue weighted by Gasteiger charge is 2.26. The first-order chi connectivity index (χ1) is 16.1. The number of benzene rings is 1. The lowest BCUT2D eigenvalue weighted by molar-refractivity contribution is 0.0667. The number of ether oxygens (including phenoxy) is 1. The number of aryl methyl sites for hydroxylation is 1. The maximum absolute atomic E-state index is 13.5. The first kappa shape index (κ1) is 22.9. The van der Waals surface area contributed by atoms with Gasteiger partial charge in [0.1, 0.15) is 5.56 Å². The van der Waals surface area contributed by atoms with Crippen molar-refractivity contribution in [2.45, 2.75) is 32.9 Å². The summed E-state index contributed by atoms with van der Waals surface area (Å²) in [5.41, 5.74) is 4.26. The van der Waals surface area contributed by atoms with Gasteiger partial charge in [0.25, 0.3) is 5.91 Å². The van der Waals surface area contributed by atoms with Gasteiger partial charge in [-0.3, -0.25) is 14.7 Å². The number of nitrogens with zero attached hydrogens (tertiary/aromatic N) is 4. The van der Waals surface area contributed by atoms with Gasteiger partial charge in [0.05, 0.1) is 7.11 Å². The van der Waals surface area contributed by atoms with Gasteiger partial charge in [-0.25, -0.2) is 4.98 Å². The van der Waals surface area contributed by atoms with Gasteiger partial charge in [-0.2, -0.15) is 0 Å². The molecule has 0 unspecified atom stereocenters. The molecule has 1 aliphatic heterocycles. The number of carbonyl (C=O) groups is 1. The zero-order valence-corrected chi connectivity index (χ0v) is 19.5. The van der Waals surface area contributed by atoms with Crippen LogP contribution in [0.2, 0.25) is 0 Å². The van der Waals surface area contributed by atoms with Crippen molar-refractivity contribution in [2.24, 2.45) is 5.92 Å². The van der Waals surface area contributed by atoms with E-state index in [1.165, 1.54) is 11.1 Å². The molecule has 0 spiro atoms.